The van der Waals surface area contributed by atoms with Crippen molar-refractivity contribution in [3.63, 3.8) is 0 Å². The summed E-state index contributed by atoms with van der Waals surface area (Å²) in [6, 6.07) is 9.57. The summed E-state index contributed by atoms with van der Waals surface area (Å²) in [7, 11) is 0. The molecule has 0 saturated heterocycles. The Labute approximate surface area is 114 Å². The lowest BCUT2D eigenvalue weighted by Crippen LogP contribution is -1.98. The number of imidazole rings is 1. The van der Waals surface area contributed by atoms with Crippen LogP contribution in [0.15, 0.2) is 42.6 Å². The SMILES string of the molecule is Cc1cccn2c(-c3cccc(F)c3)nc(C(=O)O)c12. The molecule has 0 bridgehead atoms. The molecular weight excluding hydrogens is 259 g/mol. The summed E-state index contributed by atoms with van der Waals surface area (Å²) in [5.74, 6) is -1.07. The van der Waals surface area contributed by atoms with E-state index in [-0.39, 0.29) is 11.5 Å². The highest BCUT2D eigenvalue weighted by Crippen LogP contribution is 2.25. The minimum absolute atomic E-state index is 0.0256. The fraction of sp³-hybridized carbons (Fsp3) is 0.0667. The van der Waals surface area contributed by atoms with E-state index in [4.69, 9.17) is 0 Å². The van der Waals surface area contributed by atoms with Crippen molar-refractivity contribution < 1.29 is 14.3 Å². The van der Waals surface area contributed by atoms with E-state index in [0.717, 1.165) is 5.56 Å². The summed E-state index contributed by atoms with van der Waals surface area (Å²) in [4.78, 5) is 15.5. The van der Waals surface area contributed by atoms with Gasteiger partial charge in [-0.3, -0.25) is 4.40 Å². The monoisotopic (exact) mass is 270 g/mol. The minimum Gasteiger partial charge on any atom is -0.476 e. The van der Waals surface area contributed by atoms with Crippen LogP contribution in [0.4, 0.5) is 4.39 Å². The lowest BCUT2D eigenvalue weighted by atomic mass is 10.2. The summed E-state index contributed by atoms with van der Waals surface area (Å²) in [5, 5.41) is 9.27. The molecule has 3 rings (SSSR count). The number of halogens is 1. The van der Waals surface area contributed by atoms with Crippen LogP contribution in [0.5, 0.6) is 0 Å². The van der Waals surface area contributed by atoms with Crippen molar-refractivity contribution in [1.82, 2.24) is 9.38 Å². The molecule has 1 aromatic carbocycles. The molecule has 0 aliphatic rings. The first-order valence-corrected chi connectivity index (χ1v) is 6.05. The van der Waals surface area contributed by atoms with Crippen molar-refractivity contribution in [1.29, 1.82) is 0 Å². The van der Waals surface area contributed by atoms with Crippen molar-refractivity contribution in [3.05, 3.63) is 59.7 Å². The van der Waals surface area contributed by atoms with E-state index in [9.17, 15) is 14.3 Å². The van der Waals surface area contributed by atoms with Crippen LogP contribution in [0.2, 0.25) is 0 Å². The zero-order chi connectivity index (χ0) is 14.3. The second-order valence-corrected chi connectivity index (χ2v) is 4.51. The third-order valence-electron chi connectivity index (χ3n) is 3.15. The smallest absolute Gasteiger partial charge is 0.356 e. The van der Waals surface area contributed by atoms with Crippen molar-refractivity contribution in [2.45, 2.75) is 6.92 Å². The normalized spacial score (nSPS) is 10.9. The molecule has 2 aromatic heterocycles. The van der Waals surface area contributed by atoms with Crippen molar-refractivity contribution >= 4 is 11.5 Å². The Bertz CT molecular complexity index is 824. The summed E-state index contributed by atoms with van der Waals surface area (Å²) in [6.45, 7) is 1.82. The van der Waals surface area contributed by atoms with Gasteiger partial charge in [-0.25, -0.2) is 14.2 Å². The molecule has 0 aliphatic carbocycles. The van der Waals surface area contributed by atoms with Gasteiger partial charge in [-0.2, -0.15) is 0 Å². The van der Waals surface area contributed by atoms with Crippen LogP contribution in [-0.4, -0.2) is 20.5 Å². The molecule has 0 aliphatic heterocycles. The molecule has 1 N–H and O–H groups in total. The van der Waals surface area contributed by atoms with Gasteiger partial charge in [0.25, 0.3) is 0 Å². The molecular formula is C15H11FN2O2. The third kappa shape index (κ3) is 1.84. The van der Waals surface area contributed by atoms with Gasteiger partial charge in [0.1, 0.15) is 11.6 Å². The number of pyridine rings is 1. The minimum atomic E-state index is -1.10. The standard InChI is InChI=1S/C15H11FN2O2/c1-9-4-3-7-18-13(9)12(15(19)20)17-14(18)10-5-2-6-11(16)8-10/h2-8H,1H3,(H,19,20). The van der Waals surface area contributed by atoms with E-state index in [0.29, 0.717) is 16.9 Å². The molecule has 3 aromatic rings. The van der Waals surface area contributed by atoms with Gasteiger partial charge in [-0.05, 0) is 30.7 Å². The predicted molar refractivity (Wildman–Crippen MR) is 72.3 cm³/mol. The number of fused-ring (bicyclic) bond motifs is 1. The van der Waals surface area contributed by atoms with Crippen LogP contribution in [0.25, 0.3) is 16.9 Å². The Kier molecular flexibility index (Phi) is 2.75. The maximum atomic E-state index is 13.3. The zero-order valence-electron chi connectivity index (χ0n) is 10.7. The van der Waals surface area contributed by atoms with Crippen LogP contribution < -0.4 is 0 Å². The highest BCUT2D eigenvalue weighted by atomic mass is 19.1. The van der Waals surface area contributed by atoms with Crippen LogP contribution in [0.3, 0.4) is 0 Å². The van der Waals surface area contributed by atoms with Crippen LogP contribution in [-0.2, 0) is 0 Å². The number of aromatic carboxylic acids is 1. The van der Waals surface area contributed by atoms with Gasteiger partial charge < -0.3 is 5.11 Å². The number of carbonyl (C=O) groups is 1. The number of nitrogens with zero attached hydrogens (tertiary/aromatic N) is 2. The Morgan fingerprint density at radius 1 is 1.30 bits per heavy atom. The Morgan fingerprint density at radius 2 is 2.10 bits per heavy atom. The van der Waals surface area contributed by atoms with Crippen molar-refractivity contribution in [3.8, 4) is 11.4 Å². The molecule has 0 atom stereocenters. The van der Waals surface area contributed by atoms with E-state index < -0.39 is 5.97 Å². The summed E-state index contributed by atoms with van der Waals surface area (Å²) < 4.78 is 15.0. The first-order chi connectivity index (χ1) is 9.58. The van der Waals surface area contributed by atoms with Gasteiger partial charge in [0.05, 0.1) is 5.52 Å². The summed E-state index contributed by atoms with van der Waals surface area (Å²) in [5.41, 5.74) is 1.85. The van der Waals surface area contributed by atoms with Gasteiger partial charge in [0.2, 0.25) is 0 Å². The van der Waals surface area contributed by atoms with E-state index in [1.54, 1.807) is 28.8 Å². The van der Waals surface area contributed by atoms with E-state index >= 15 is 0 Å². The van der Waals surface area contributed by atoms with Gasteiger partial charge in [-0.15, -0.1) is 0 Å². The molecule has 4 nitrogen and oxygen atoms in total. The van der Waals surface area contributed by atoms with Gasteiger partial charge in [0.15, 0.2) is 5.69 Å². The molecule has 100 valence electrons. The second kappa shape index (κ2) is 4.45. The van der Waals surface area contributed by atoms with Crippen molar-refractivity contribution in [2.24, 2.45) is 0 Å². The Balaban J connectivity index is 2.38. The van der Waals surface area contributed by atoms with Crippen LogP contribution in [0, 0.1) is 12.7 Å². The lowest BCUT2D eigenvalue weighted by Gasteiger charge is -2.03. The van der Waals surface area contributed by atoms with Crippen molar-refractivity contribution in [2.75, 3.05) is 0 Å². The van der Waals surface area contributed by atoms with E-state index in [2.05, 4.69) is 4.98 Å². The number of hydrogen-bond acceptors (Lipinski definition) is 2. The molecule has 0 unspecified atom stereocenters. The molecule has 0 radical (unpaired) electrons. The van der Waals surface area contributed by atoms with Crippen LogP contribution >= 0.6 is 0 Å². The van der Waals surface area contributed by atoms with Crippen LogP contribution in [0.1, 0.15) is 16.1 Å². The molecule has 20 heavy (non-hydrogen) atoms. The molecule has 0 fully saturated rings. The Hall–Kier alpha value is -2.69. The molecule has 2 heterocycles. The number of carboxylic acids is 1. The van der Waals surface area contributed by atoms with Gasteiger partial charge >= 0.3 is 5.97 Å². The number of benzene rings is 1. The quantitative estimate of drug-likeness (QED) is 0.778. The molecule has 0 amide bonds. The highest BCUT2D eigenvalue weighted by molar-refractivity contribution is 5.96. The van der Waals surface area contributed by atoms with Gasteiger partial charge in [-0.1, -0.05) is 18.2 Å². The summed E-state index contributed by atoms with van der Waals surface area (Å²) >= 11 is 0. The lowest BCUT2D eigenvalue weighted by molar-refractivity contribution is 0.0693. The molecule has 0 spiro atoms. The highest BCUT2D eigenvalue weighted by Gasteiger charge is 2.19. The first-order valence-electron chi connectivity index (χ1n) is 6.05. The van der Waals surface area contributed by atoms with E-state index in [1.807, 2.05) is 13.0 Å². The fourth-order valence-electron chi connectivity index (χ4n) is 2.29. The third-order valence-corrected chi connectivity index (χ3v) is 3.15. The molecule has 0 saturated carbocycles. The van der Waals surface area contributed by atoms with Gasteiger partial charge in [0, 0.05) is 11.8 Å². The maximum Gasteiger partial charge on any atom is 0.356 e. The fourth-order valence-corrected chi connectivity index (χ4v) is 2.29. The maximum absolute atomic E-state index is 13.3. The Morgan fingerprint density at radius 3 is 2.80 bits per heavy atom. The second-order valence-electron chi connectivity index (χ2n) is 4.51. The predicted octanol–water partition coefficient (Wildman–Crippen LogP) is 3.15. The zero-order valence-corrected chi connectivity index (χ0v) is 10.7. The molecule has 5 heteroatoms. The number of aromatic nitrogens is 2. The number of carboxylic acid groups (broad SMARTS) is 1. The average Bonchev–Trinajstić information content (AvgIpc) is 2.80. The topological polar surface area (TPSA) is 54.6 Å². The summed E-state index contributed by atoms with van der Waals surface area (Å²) in [6.07, 6.45) is 1.72. The number of rotatable bonds is 2. The largest absolute Gasteiger partial charge is 0.476 e. The number of hydrogen-bond donors (Lipinski definition) is 1. The van der Waals surface area contributed by atoms with E-state index in [1.165, 1.54) is 12.1 Å². The number of aryl methyl sites for hydroxylation is 1. The first kappa shape index (κ1) is 12.3. The average molecular weight is 270 g/mol.